The molecule has 0 aromatic heterocycles. The molecule has 0 radical (unpaired) electrons. The molecule has 0 heterocycles. The van der Waals surface area contributed by atoms with Crippen LogP contribution in [0.25, 0.3) is 0 Å². The number of amides is 2. The van der Waals surface area contributed by atoms with Crippen LogP contribution in [0.3, 0.4) is 0 Å². The lowest BCUT2D eigenvalue weighted by Gasteiger charge is -2.30. The van der Waals surface area contributed by atoms with Gasteiger partial charge in [-0.2, -0.15) is 0 Å². The minimum absolute atomic E-state index is 0.104. The molecule has 7 heteroatoms. The first-order valence-electron chi connectivity index (χ1n) is 7.46. The van der Waals surface area contributed by atoms with E-state index in [0.29, 0.717) is 11.5 Å². The van der Waals surface area contributed by atoms with Crippen LogP contribution in [0.5, 0.6) is 0 Å². The highest BCUT2D eigenvalue weighted by Crippen LogP contribution is 2.21. The number of unbranched alkanes of at least 4 members (excludes halogenated alkanes) is 1. The van der Waals surface area contributed by atoms with Crippen molar-refractivity contribution < 1.29 is 24.3 Å². The molecular weight excluding hydrogens is 288 g/mol. The van der Waals surface area contributed by atoms with Gasteiger partial charge < -0.3 is 10.1 Å². The second-order valence-electron chi connectivity index (χ2n) is 6.40. The first-order chi connectivity index (χ1) is 10.2. The predicted molar refractivity (Wildman–Crippen MR) is 81.0 cm³/mol. The fourth-order valence-corrected chi connectivity index (χ4v) is 2.03. The number of hydroxylamine groups is 2. The van der Waals surface area contributed by atoms with Crippen molar-refractivity contribution in [1.29, 1.82) is 0 Å². The van der Waals surface area contributed by atoms with E-state index < -0.39 is 23.3 Å². The van der Waals surface area contributed by atoms with E-state index in [0.717, 1.165) is 12.8 Å². The van der Waals surface area contributed by atoms with Gasteiger partial charge in [-0.25, -0.2) is 9.86 Å². The zero-order valence-corrected chi connectivity index (χ0v) is 14.1. The highest BCUT2D eigenvalue weighted by molar-refractivity contribution is 5.86. The van der Waals surface area contributed by atoms with E-state index in [4.69, 9.17) is 4.74 Å². The van der Waals surface area contributed by atoms with Crippen molar-refractivity contribution in [3.8, 4) is 0 Å². The molecule has 128 valence electrons. The zero-order chi connectivity index (χ0) is 17.3. The lowest BCUT2D eigenvalue weighted by Crippen LogP contribution is -2.52. The molecule has 22 heavy (non-hydrogen) atoms. The first kappa shape index (κ1) is 20.4. The number of hydrogen-bond donors (Lipinski definition) is 2. The summed E-state index contributed by atoms with van der Waals surface area (Å²) in [6.07, 6.45) is 2.44. The normalized spacial score (nSPS) is 13.9. The van der Waals surface area contributed by atoms with Crippen molar-refractivity contribution >= 4 is 18.3 Å². The topological polar surface area (TPSA) is 95.9 Å². The molecule has 2 N–H and O–H groups in total. The van der Waals surface area contributed by atoms with E-state index in [2.05, 4.69) is 5.32 Å². The van der Waals surface area contributed by atoms with E-state index in [-0.39, 0.29) is 18.9 Å². The average Bonchev–Trinajstić information content (AvgIpc) is 2.46. The van der Waals surface area contributed by atoms with Gasteiger partial charge in [0.05, 0.1) is 19.6 Å². The minimum Gasteiger partial charge on any atom is -0.467 e. The van der Waals surface area contributed by atoms with Crippen LogP contribution >= 0.6 is 0 Å². The lowest BCUT2D eigenvalue weighted by molar-refractivity contribution is -0.156. The molecule has 7 nitrogen and oxygen atoms in total. The Bertz CT molecular complexity index is 379. The van der Waals surface area contributed by atoms with Gasteiger partial charge in [-0.05, 0) is 11.8 Å². The standard InChI is InChI=1S/C15H28N2O5/c1-6-7-8-11(9-17(21)10-18)13(19)16-12(14(20)22-5)15(2,3)4/h10-12,21H,6-9H2,1-5H3,(H,16,19)/t11-,12+/m0/s1. The Balaban J connectivity index is 5.02. The highest BCUT2D eigenvalue weighted by atomic mass is 16.5. The highest BCUT2D eigenvalue weighted by Gasteiger charge is 2.35. The Hall–Kier alpha value is -1.63. The Kier molecular flexibility index (Phi) is 8.70. The van der Waals surface area contributed by atoms with Gasteiger partial charge in [0.2, 0.25) is 12.3 Å². The van der Waals surface area contributed by atoms with Crippen molar-refractivity contribution in [3.05, 3.63) is 0 Å². The summed E-state index contributed by atoms with van der Waals surface area (Å²) < 4.78 is 4.73. The summed E-state index contributed by atoms with van der Waals surface area (Å²) in [6.45, 7) is 7.34. The third-order valence-electron chi connectivity index (χ3n) is 3.40. The molecule has 0 fully saturated rings. The summed E-state index contributed by atoms with van der Waals surface area (Å²) in [5.41, 5.74) is -0.512. The Labute approximate surface area is 132 Å². The van der Waals surface area contributed by atoms with Gasteiger partial charge in [0, 0.05) is 0 Å². The van der Waals surface area contributed by atoms with Crippen LogP contribution in [-0.4, -0.2) is 48.3 Å². The molecule has 0 aliphatic heterocycles. The molecule has 0 bridgehead atoms. The van der Waals surface area contributed by atoms with Gasteiger partial charge in [0.25, 0.3) is 0 Å². The van der Waals surface area contributed by atoms with Crippen molar-refractivity contribution in [2.45, 2.75) is 53.0 Å². The van der Waals surface area contributed by atoms with Gasteiger partial charge in [-0.3, -0.25) is 14.8 Å². The van der Waals surface area contributed by atoms with Gasteiger partial charge in [-0.15, -0.1) is 0 Å². The van der Waals surface area contributed by atoms with Crippen LogP contribution in [-0.2, 0) is 19.1 Å². The van der Waals surface area contributed by atoms with Crippen LogP contribution in [0.15, 0.2) is 0 Å². The molecule has 0 aromatic rings. The number of carbonyl (C=O) groups is 3. The van der Waals surface area contributed by atoms with Crippen molar-refractivity contribution in [3.63, 3.8) is 0 Å². The molecule has 0 spiro atoms. The number of carbonyl (C=O) groups excluding carboxylic acids is 3. The summed E-state index contributed by atoms with van der Waals surface area (Å²) in [4.78, 5) is 34.8. The van der Waals surface area contributed by atoms with Crippen molar-refractivity contribution in [1.82, 2.24) is 10.4 Å². The number of nitrogens with zero attached hydrogens (tertiary/aromatic N) is 1. The molecular formula is C15H28N2O5. The largest absolute Gasteiger partial charge is 0.467 e. The first-order valence-corrected chi connectivity index (χ1v) is 7.46. The van der Waals surface area contributed by atoms with Crippen molar-refractivity contribution in [2.75, 3.05) is 13.7 Å². The predicted octanol–water partition coefficient (Wildman–Crippen LogP) is 1.34. The van der Waals surface area contributed by atoms with Crippen LogP contribution in [0, 0.1) is 11.3 Å². The number of rotatable bonds is 9. The number of hydrogen-bond acceptors (Lipinski definition) is 5. The summed E-state index contributed by atoms with van der Waals surface area (Å²) in [6, 6.07) is -0.794. The van der Waals surface area contributed by atoms with Gasteiger partial charge in [-0.1, -0.05) is 40.5 Å². The minimum atomic E-state index is -0.794. The third-order valence-corrected chi connectivity index (χ3v) is 3.40. The fourth-order valence-electron chi connectivity index (χ4n) is 2.03. The van der Waals surface area contributed by atoms with E-state index in [1.54, 1.807) is 0 Å². The summed E-state index contributed by atoms with van der Waals surface area (Å²) in [5, 5.41) is 12.4. The Morgan fingerprint density at radius 3 is 2.36 bits per heavy atom. The van der Waals surface area contributed by atoms with Gasteiger partial charge in [0.1, 0.15) is 6.04 Å². The van der Waals surface area contributed by atoms with E-state index in [1.807, 2.05) is 27.7 Å². The maximum atomic E-state index is 12.4. The molecule has 2 amide bonds. The molecule has 0 saturated heterocycles. The second-order valence-corrected chi connectivity index (χ2v) is 6.40. The average molecular weight is 316 g/mol. The maximum absolute atomic E-state index is 12.4. The smallest absolute Gasteiger partial charge is 0.328 e. The SMILES string of the molecule is CCCC[C@@H](CN(O)C=O)C(=O)N[C@H](C(=O)OC)C(C)(C)C. The van der Waals surface area contributed by atoms with Gasteiger partial charge in [0.15, 0.2) is 0 Å². The number of methoxy groups -OCH3 is 1. The molecule has 0 aliphatic rings. The zero-order valence-electron chi connectivity index (χ0n) is 14.1. The lowest BCUT2D eigenvalue weighted by atomic mass is 9.86. The molecule has 0 saturated carbocycles. The molecule has 0 aromatic carbocycles. The monoisotopic (exact) mass is 316 g/mol. The van der Waals surface area contributed by atoms with E-state index in [9.17, 15) is 19.6 Å². The van der Waals surface area contributed by atoms with Crippen LogP contribution in [0.4, 0.5) is 0 Å². The Morgan fingerprint density at radius 1 is 1.36 bits per heavy atom. The number of ether oxygens (including phenoxy) is 1. The number of esters is 1. The van der Waals surface area contributed by atoms with Crippen LogP contribution in [0.2, 0.25) is 0 Å². The van der Waals surface area contributed by atoms with Crippen molar-refractivity contribution in [2.24, 2.45) is 11.3 Å². The molecule has 0 rings (SSSR count). The number of nitrogens with one attached hydrogen (secondary N) is 1. The molecule has 0 aliphatic carbocycles. The van der Waals surface area contributed by atoms with Crippen LogP contribution < -0.4 is 5.32 Å². The second kappa shape index (κ2) is 9.40. The summed E-state index contributed by atoms with van der Waals surface area (Å²) in [5.74, 6) is -1.48. The van der Waals surface area contributed by atoms with E-state index in [1.165, 1.54) is 7.11 Å². The molecule has 0 unspecified atom stereocenters. The summed E-state index contributed by atoms with van der Waals surface area (Å²) in [7, 11) is 1.27. The van der Waals surface area contributed by atoms with Crippen LogP contribution in [0.1, 0.15) is 47.0 Å². The van der Waals surface area contributed by atoms with E-state index >= 15 is 0 Å². The molecule has 2 atom stereocenters. The van der Waals surface area contributed by atoms with Gasteiger partial charge >= 0.3 is 5.97 Å². The Morgan fingerprint density at radius 2 is 1.95 bits per heavy atom. The third kappa shape index (κ3) is 6.89. The maximum Gasteiger partial charge on any atom is 0.328 e. The fraction of sp³-hybridized carbons (Fsp3) is 0.800. The quantitative estimate of drug-likeness (QED) is 0.290. The summed E-state index contributed by atoms with van der Waals surface area (Å²) >= 11 is 0.